The summed E-state index contributed by atoms with van der Waals surface area (Å²) in [5, 5.41) is 41.9. The number of aromatic hydroxyl groups is 2. The zero-order valence-electron chi connectivity index (χ0n) is 13.2. The van der Waals surface area contributed by atoms with Gasteiger partial charge in [0.05, 0.1) is 6.10 Å². The molecule has 4 N–H and O–H groups in total. The number of Topliss-reactive ketones (excluding diaryl/α,β-unsaturated/α-hetero) is 1. The van der Waals surface area contributed by atoms with E-state index < -0.39 is 17.1 Å². The van der Waals surface area contributed by atoms with Gasteiger partial charge < -0.3 is 20.4 Å². The van der Waals surface area contributed by atoms with Gasteiger partial charge in [-0.1, -0.05) is 13.0 Å². The zero-order chi connectivity index (χ0) is 17.0. The summed E-state index contributed by atoms with van der Waals surface area (Å²) in [6.07, 6.45) is -0.582. The molecule has 2 fully saturated rings. The number of phenolic OH excluding ortho intramolecular Hbond substituents is 2. The molecule has 0 spiro atoms. The van der Waals surface area contributed by atoms with Gasteiger partial charge in [-0.05, 0) is 18.1 Å². The number of aliphatic hydroxyl groups is 2. The molecule has 2 saturated carbocycles. The predicted octanol–water partition coefficient (Wildman–Crippen LogP) is 0.827. The largest absolute Gasteiger partial charge is 0.504 e. The molecule has 2 aliphatic carbocycles. The Bertz CT molecular complexity index is 713. The second-order valence-corrected chi connectivity index (χ2v) is 6.45. The van der Waals surface area contributed by atoms with Crippen LogP contribution in [-0.2, 0) is 16.6 Å². The standard InChI is InChI=1S/C17H21NO5/c1-3-9-4-5-11(20)15(22)14(9)16-7-10(19)6-13(21)17(16,23)12(8-16)18-2/h4-5,13,20-23H,3,6-8H2,1-2H3. The molecule has 0 radical (unpaired) electrons. The smallest absolute Gasteiger partial charge is 0.161 e. The second kappa shape index (κ2) is 5.04. The summed E-state index contributed by atoms with van der Waals surface area (Å²) in [4.78, 5) is 16.2. The quantitative estimate of drug-likeness (QED) is 0.603. The van der Waals surface area contributed by atoms with E-state index in [4.69, 9.17) is 0 Å². The molecule has 124 valence electrons. The van der Waals surface area contributed by atoms with Gasteiger partial charge in [-0.15, -0.1) is 0 Å². The lowest BCUT2D eigenvalue weighted by Crippen LogP contribution is -2.76. The van der Waals surface area contributed by atoms with Crippen molar-refractivity contribution in [3.8, 4) is 11.5 Å². The number of ketones is 1. The van der Waals surface area contributed by atoms with Crippen molar-refractivity contribution in [3.05, 3.63) is 23.3 Å². The van der Waals surface area contributed by atoms with Gasteiger partial charge in [0.15, 0.2) is 11.5 Å². The van der Waals surface area contributed by atoms with Crippen molar-refractivity contribution in [2.45, 2.75) is 49.7 Å². The molecular formula is C17H21NO5. The van der Waals surface area contributed by atoms with Crippen molar-refractivity contribution in [2.24, 2.45) is 4.99 Å². The summed E-state index contributed by atoms with van der Waals surface area (Å²) in [7, 11) is 1.53. The number of aliphatic hydroxyl groups excluding tert-OH is 1. The van der Waals surface area contributed by atoms with E-state index in [2.05, 4.69) is 4.99 Å². The fourth-order valence-electron chi connectivity index (χ4n) is 4.27. The molecule has 1 aromatic carbocycles. The van der Waals surface area contributed by atoms with Crippen LogP contribution in [0.4, 0.5) is 0 Å². The van der Waals surface area contributed by atoms with Crippen molar-refractivity contribution in [2.75, 3.05) is 7.05 Å². The number of aliphatic imine (C=N–C) groups is 1. The number of carbonyl (C=O) groups excluding carboxylic acids is 1. The van der Waals surface area contributed by atoms with Gasteiger partial charge in [0.1, 0.15) is 11.4 Å². The van der Waals surface area contributed by atoms with E-state index in [0.29, 0.717) is 17.7 Å². The zero-order valence-corrected chi connectivity index (χ0v) is 13.2. The average Bonchev–Trinajstić information content (AvgIpc) is 2.51. The van der Waals surface area contributed by atoms with E-state index in [-0.39, 0.29) is 36.5 Å². The highest BCUT2D eigenvalue weighted by atomic mass is 16.3. The van der Waals surface area contributed by atoms with E-state index >= 15 is 0 Å². The number of carbonyl (C=O) groups is 1. The fourth-order valence-corrected chi connectivity index (χ4v) is 4.27. The third kappa shape index (κ3) is 1.82. The predicted molar refractivity (Wildman–Crippen MR) is 84.0 cm³/mol. The van der Waals surface area contributed by atoms with E-state index in [0.717, 1.165) is 5.56 Å². The third-order valence-electron chi connectivity index (χ3n) is 5.41. The highest BCUT2D eigenvalue weighted by molar-refractivity contribution is 6.07. The first-order chi connectivity index (χ1) is 10.8. The molecule has 2 aliphatic rings. The summed E-state index contributed by atoms with van der Waals surface area (Å²) in [5.41, 5.74) is -1.34. The highest BCUT2D eigenvalue weighted by Crippen LogP contribution is 2.60. The molecule has 3 atom stereocenters. The van der Waals surface area contributed by atoms with Gasteiger partial charge in [-0.25, -0.2) is 0 Å². The number of rotatable bonds is 2. The van der Waals surface area contributed by atoms with Gasteiger partial charge in [-0.3, -0.25) is 9.79 Å². The molecule has 0 amide bonds. The number of hydrogen-bond donors (Lipinski definition) is 4. The summed E-state index contributed by atoms with van der Waals surface area (Å²) in [6.45, 7) is 1.89. The van der Waals surface area contributed by atoms with E-state index in [9.17, 15) is 25.2 Å². The van der Waals surface area contributed by atoms with Gasteiger partial charge in [0.25, 0.3) is 0 Å². The number of benzene rings is 1. The van der Waals surface area contributed by atoms with Gasteiger partial charge >= 0.3 is 0 Å². The lowest BCUT2D eigenvalue weighted by molar-refractivity contribution is -0.154. The molecule has 0 bridgehead atoms. The maximum Gasteiger partial charge on any atom is 0.161 e. The number of nitrogens with zero attached hydrogens (tertiary/aromatic N) is 1. The van der Waals surface area contributed by atoms with Crippen LogP contribution in [-0.4, -0.2) is 50.7 Å². The first-order valence-corrected chi connectivity index (χ1v) is 7.74. The van der Waals surface area contributed by atoms with E-state index in [1.165, 1.54) is 13.1 Å². The number of hydrogen-bond acceptors (Lipinski definition) is 6. The Morgan fingerprint density at radius 1 is 1.30 bits per heavy atom. The SMILES string of the molecule is CCc1ccc(O)c(O)c1C12CC(=O)CC(O)C1(O)C(=NC)C2. The Morgan fingerprint density at radius 3 is 2.61 bits per heavy atom. The normalized spacial score (nSPS) is 35.0. The molecule has 1 aromatic rings. The minimum Gasteiger partial charge on any atom is -0.504 e. The molecule has 6 heteroatoms. The molecule has 0 heterocycles. The van der Waals surface area contributed by atoms with Crippen LogP contribution >= 0.6 is 0 Å². The Kier molecular flexibility index (Phi) is 3.50. The Balaban J connectivity index is 2.29. The van der Waals surface area contributed by atoms with Crippen LogP contribution in [0.5, 0.6) is 11.5 Å². The minimum absolute atomic E-state index is 0.00356. The van der Waals surface area contributed by atoms with Crippen molar-refractivity contribution >= 4 is 11.5 Å². The Morgan fingerprint density at radius 2 is 2.00 bits per heavy atom. The second-order valence-electron chi connectivity index (χ2n) is 6.45. The number of fused-ring (bicyclic) bond motifs is 1. The molecular weight excluding hydrogens is 298 g/mol. The lowest BCUT2D eigenvalue weighted by atomic mass is 9.45. The van der Waals surface area contributed by atoms with Gasteiger partial charge in [0, 0.05) is 43.0 Å². The number of aryl methyl sites for hydroxylation is 1. The topological polar surface area (TPSA) is 110 Å². The Hall–Kier alpha value is -1.92. The van der Waals surface area contributed by atoms with Gasteiger partial charge in [-0.2, -0.15) is 0 Å². The first kappa shape index (κ1) is 16.0. The van der Waals surface area contributed by atoms with Crippen molar-refractivity contribution in [1.29, 1.82) is 0 Å². The van der Waals surface area contributed by atoms with E-state index in [1.54, 1.807) is 6.07 Å². The van der Waals surface area contributed by atoms with Crippen LogP contribution in [0.25, 0.3) is 0 Å². The van der Waals surface area contributed by atoms with Crippen LogP contribution < -0.4 is 0 Å². The Labute approximate surface area is 134 Å². The maximum absolute atomic E-state index is 12.1. The first-order valence-electron chi connectivity index (χ1n) is 7.74. The number of phenols is 2. The van der Waals surface area contributed by atoms with Crippen LogP contribution in [0, 0.1) is 0 Å². The summed E-state index contributed by atoms with van der Waals surface area (Å²) >= 11 is 0. The maximum atomic E-state index is 12.1. The monoisotopic (exact) mass is 319 g/mol. The molecule has 6 nitrogen and oxygen atoms in total. The van der Waals surface area contributed by atoms with Crippen LogP contribution in [0.1, 0.15) is 37.3 Å². The van der Waals surface area contributed by atoms with Crippen LogP contribution in [0.15, 0.2) is 17.1 Å². The minimum atomic E-state index is -1.69. The van der Waals surface area contributed by atoms with Crippen LogP contribution in [0.3, 0.4) is 0 Å². The third-order valence-corrected chi connectivity index (χ3v) is 5.41. The molecule has 23 heavy (non-hydrogen) atoms. The van der Waals surface area contributed by atoms with Crippen molar-refractivity contribution < 1.29 is 25.2 Å². The molecule has 3 unspecified atom stereocenters. The molecule has 0 aromatic heterocycles. The molecule has 0 saturated heterocycles. The lowest BCUT2D eigenvalue weighted by Gasteiger charge is -2.61. The fraction of sp³-hybridized carbons (Fsp3) is 0.529. The van der Waals surface area contributed by atoms with Crippen molar-refractivity contribution in [3.63, 3.8) is 0 Å². The highest BCUT2D eigenvalue weighted by Gasteiger charge is 2.71. The molecule has 3 rings (SSSR count). The summed E-state index contributed by atoms with van der Waals surface area (Å²) in [5.74, 6) is -0.815. The van der Waals surface area contributed by atoms with Crippen molar-refractivity contribution in [1.82, 2.24) is 0 Å². The molecule has 0 aliphatic heterocycles. The summed E-state index contributed by atoms with van der Waals surface area (Å²) < 4.78 is 0. The summed E-state index contributed by atoms with van der Waals surface area (Å²) in [6, 6.07) is 3.06. The van der Waals surface area contributed by atoms with Gasteiger partial charge in [0.2, 0.25) is 0 Å². The van der Waals surface area contributed by atoms with E-state index in [1.807, 2.05) is 6.92 Å². The van der Waals surface area contributed by atoms with Crippen LogP contribution in [0.2, 0.25) is 0 Å². The average molecular weight is 319 g/mol.